The molecule has 0 fully saturated rings. The average molecular weight is 348 g/mol. The summed E-state index contributed by atoms with van der Waals surface area (Å²) in [4.78, 5) is 11.3. The van der Waals surface area contributed by atoms with Crippen LogP contribution in [0.1, 0.15) is 24.6 Å². The van der Waals surface area contributed by atoms with Crippen LogP contribution in [-0.4, -0.2) is 30.1 Å². The second kappa shape index (κ2) is 6.37. The monoisotopic (exact) mass is 348 g/mol. The van der Waals surface area contributed by atoms with Crippen molar-refractivity contribution >= 4 is 21.6 Å². The number of benzene rings is 1. The van der Waals surface area contributed by atoms with E-state index in [1.807, 2.05) is 10.7 Å². The van der Waals surface area contributed by atoms with Crippen LogP contribution in [0.3, 0.4) is 0 Å². The number of aromatic nitrogens is 2. The maximum absolute atomic E-state index is 12.7. The Bertz CT molecular complexity index is 873. The van der Waals surface area contributed by atoms with E-state index in [0.717, 1.165) is 5.69 Å². The second-order valence-corrected chi connectivity index (χ2v) is 7.70. The van der Waals surface area contributed by atoms with Gasteiger partial charge in [-0.2, -0.15) is 5.10 Å². The Morgan fingerprint density at radius 2 is 2.12 bits per heavy atom. The lowest BCUT2D eigenvalue weighted by Crippen LogP contribution is -2.40. The molecular weight excluding hydrogens is 328 g/mol. The van der Waals surface area contributed by atoms with Gasteiger partial charge in [0.2, 0.25) is 15.9 Å². The predicted molar refractivity (Wildman–Crippen MR) is 90.1 cm³/mol. The molecule has 1 aliphatic rings. The molecule has 2 N–H and O–H groups in total. The van der Waals surface area contributed by atoms with Crippen molar-refractivity contribution in [3.05, 3.63) is 41.7 Å². The van der Waals surface area contributed by atoms with Crippen LogP contribution in [-0.2, 0) is 27.8 Å². The van der Waals surface area contributed by atoms with Gasteiger partial charge in [0.05, 0.1) is 4.90 Å². The molecule has 3 rings (SSSR count). The molecule has 0 saturated carbocycles. The average Bonchev–Trinajstić information content (AvgIpc) is 2.93. The van der Waals surface area contributed by atoms with Gasteiger partial charge in [0.1, 0.15) is 0 Å². The van der Waals surface area contributed by atoms with Crippen molar-refractivity contribution < 1.29 is 13.2 Å². The van der Waals surface area contributed by atoms with Crippen LogP contribution < -0.4 is 10.0 Å². The van der Waals surface area contributed by atoms with Gasteiger partial charge in [-0.15, -0.1) is 0 Å². The Balaban J connectivity index is 1.77. The summed E-state index contributed by atoms with van der Waals surface area (Å²) in [5.41, 5.74) is 2.21. The number of carbonyl (C=O) groups is 1. The summed E-state index contributed by atoms with van der Waals surface area (Å²) < 4.78 is 30.1. The van der Waals surface area contributed by atoms with Crippen LogP contribution in [0.4, 0.5) is 5.69 Å². The summed E-state index contributed by atoms with van der Waals surface area (Å²) in [6.45, 7) is 3.83. The number of hydrogen-bond acceptors (Lipinski definition) is 4. The van der Waals surface area contributed by atoms with Crippen molar-refractivity contribution in [2.45, 2.75) is 44.2 Å². The van der Waals surface area contributed by atoms with Crippen molar-refractivity contribution in [1.29, 1.82) is 0 Å². The van der Waals surface area contributed by atoms with Crippen LogP contribution in [0.2, 0.25) is 0 Å². The zero-order valence-corrected chi connectivity index (χ0v) is 14.4. The van der Waals surface area contributed by atoms with E-state index in [9.17, 15) is 13.2 Å². The molecular formula is C16H20N4O3S. The van der Waals surface area contributed by atoms with Crippen molar-refractivity contribution in [3.8, 4) is 0 Å². The summed E-state index contributed by atoms with van der Waals surface area (Å²) in [7, 11) is -3.61. The number of amides is 1. The number of nitrogens with one attached hydrogen (secondary N) is 2. The summed E-state index contributed by atoms with van der Waals surface area (Å²) in [5.74, 6) is -0.193. The van der Waals surface area contributed by atoms with Crippen LogP contribution in [0, 0.1) is 6.92 Å². The maximum atomic E-state index is 12.7. The first-order valence-electron chi connectivity index (χ1n) is 7.76. The number of aryl methyl sites for hydroxylation is 2. The number of fused-ring (bicyclic) bond motifs is 1. The number of nitrogens with zero attached hydrogens (tertiary/aromatic N) is 2. The Kier molecular flexibility index (Phi) is 4.42. The molecule has 0 radical (unpaired) electrons. The van der Waals surface area contributed by atoms with E-state index in [1.54, 1.807) is 25.3 Å². The zero-order chi connectivity index (χ0) is 17.3. The molecule has 1 aromatic heterocycles. The zero-order valence-electron chi connectivity index (χ0n) is 13.6. The molecule has 1 amide bonds. The number of sulfonamides is 1. The normalized spacial score (nSPS) is 17.3. The van der Waals surface area contributed by atoms with E-state index in [4.69, 9.17) is 0 Å². The molecule has 2 heterocycles. The van der Waals surface area contributed by atoms with Gasteiger partial charge in [0, 0.05) is 43.5 Å². The topological polar surface area (TPSA) is 93.1 Å². The molecule has 0 bridgehead atoms. The molecule has 0 aliphatic carbocycles. The molecule has 1 aliphatic heterocycles. The first-order chi connectivity index (χ1) is 11.3. The number of rotatable bonds is 4. The van der Waals surface area contributed by atoms with E-state index in [2.05, 4.69) is 15.1 Å². The quantitative estimate of drug-likeness (QED) is 0.874. The fraction of sp³-hybridized carbons (Fsp3) is 0.375. The van der Waals surface area contributed by atoms with E-state index >= 15 is 0 Å². The van der Waals surface area contributed by atoms with E-state index < -0.39 is 10.0 Å². The Morgan fingerprint density at radius 3 is 2.83 bits per heavy atom. The minimum atomic E-state index is -3.61. The van der Waals surface area contributed by atoms with Gasteiger partial charge in [-0.25, -0.2) is 13.1 Å². The standard InChI is InChI=1S/C16H20N4O3S/c1-11-9-13(18-12(2)21)3-4-16(11)24(22,23)19-14-6-8-20-15(10-14)5-7-17-20/h3-5,7,9,14,19H,6,8,10H2,1-2H3,(H,18,21)/t14-/m0/s1. The predicted octanol–water partition coefficient (Wildman–Crippen LogP) is 1.44. The van der Waals surface area contributed by atoms with E-state index in [1.165, 1.54) is 13.0 Å². The first kappa shape index (κ1) is 16.7. The van der Waals surface area contributed by atoms with Crippen molar-refractivity contribution in [3.63, 3.8) is 0 Å². The largest absolute Gasteiger partial charge is 0.326 e. The minimum Gasteiger partial charge on any atom is -0.326 e. The van der Waals surface area contributed by atoms with Crippen LogP contribution in [0.15, 0.2) is 35.4 Å². The van der Waals surface area contributed by atoms with Crippen LogP contribution in [0.25, 0.3) is 0 Å². The van der Waals surface area contributed by atoms with Gasteiger partial charge in [-0.05, 0) is 43.2 Å². The van der Waals surface area contributed by atoms with Gasteiger partial charge < -0.3 is 5.32 Å². The highest BCUT2D eigenvalue weighted by molar-refractivity contribution is 7.89. The molecule has 1 aromatic carbocycles. The Hall–Kier alpha value is -2.19. The molecule has 24 heavy (non-hydrogen) atoms. The number of hydrogen-bond donors (Lipinski definition) is 2. The molecule has 1 atom stereocenters. The summed E-state index contributed by atoms with van der Waals surface area (Å²) >= 11 is 0. The number of anilines is 1. The molecule has 0 spiro atoms. The minimum absolute atomic E-state index is 0.145. The van der Waals surface area contributed by atoms with Crippen LogP contribution in [0.5, 0.6) is 0 Å². The molecule has 128 valence electrons. The fourth-order valence-corrected chi connectivity index (χ4v) is 4.48. The lowest BCUT2D eigenvalue weighted by Gasteiger charge is -2.24. The van der Waals surface area contributed by atoms with Gasteiger partial charge >= 0.3 is 0 Å². The molecule has 2 aromatic rings. The van der Waals surface area contributed by atoms with E-state index in [0.29, 0.717) is 30.6 Å². The first-order valence-corrected chi connectivity index (χ1v) is 9.25. The molecule has 0 unspecified atom stereocenters. The third-order valence-corrected chi connectivity index (χ3v) is 5.74. The summed E-state index contributed by atoms with van der Waals surface area (Å²) in [5, 5.41) is 6.85. The molecule has 7 nitrogen and oxygen atoms in total. The maximum Gasteiger partial charge on any atom is 0.241 e. The molecule has 8 heteroatoms. The smallest absolute Gasteiger partial charge is 0.241 e. The highest BCUT2D eigenvalue weighted by atomic mass is 32.2. The molecule has 0 saturated heterocycles. The lowest BCUT2D eigenvalue weighted by molar-refractivity contribution is -0.114. The summed E-state index contributed by atoms with van der Waals surface area (Å²) in [6.07, 6.45) is 3.07. The van der Waals surface area contributed by atoms with Gasteiger partial charge in [-0.1, -0.05) is 0 Å². The summed E-state index contributed by atoms with van der Waals surface area (Å²) in [6, 6.07) is 6.54. The van der Waals surface area contributed by atoms with Crippen molar-refractivity contribution in [2.24, 2.45) is 0 Å². The van der Waals surface area contributed by atoms with Gasteiger partial charge in [0.15, 0.2) is 0 Å². The van der Waals surface area contributed by atoms with Crippen molar-refractivity contribution in [1.82, 2.24) is 14.5 Å². The number of carbonyl (C=O) groups excluding carboxylic acids is 1. The van der Waals surface area contributed by atoms with E-state index in [-0.39, 0.29) is 16.8 Å². The third kappa shape index (κ3) is 3.49. The SMILES string of the molecule is CC(=O)Nc1ccc(S(=O)(=O)N[C@H]2CCn3nccc3C2)c(C)c1. The second-order valence-electron chi connectivity index (χ2n) is 6.02. The highest BCUT2D eigenvalue weighted by Gasteiger charge is 2.25. The third-order valence-electron chi connectivity index (χ3n) is 4.06. The Morgan fingerprint density at radius 1 is 1.33 bits per heavy atom. The highest BCUT2D eigenvalue weighted by Crippen LogP contribution is 2.22. The lowest BCUT2D eigenvalue weighted by atomic mass is 10.1. The van der Waals surface area contributed by atoms with Crippen molar-refractivity contribution in [2.75, 3.05) is 5.32 Å². The van der Waals surface area contributed by atoms with Gasteiger partial charge in [0.25, 0.3) is 0 Å². The van der Waals surface area contributed by atoms with Gasteiger partial charge in [-0.3, -0.25) is 9.48 Å². The van der Waals surface area contributed by atoms with Crippen LogP contribution >= 0.6 is 0 Å². The Labute approximate surface area is 141 Å². The fourth-order valence-electron chi connectivity index (χ4n) is 2.98.